The summed E-state index contributed by atoms with van der Waals surface area (Å²) in [4.78, 5) is 11.0. The molecule has 0 spiro atoms. The van der Waals surface area contributed by atoms with Gasteiger partial charge in [0.05, 0.1) is 17.9 Å². The van der Waals surface area contributed by atoms with Crippen LogP contribution in [-0.2, 0) is 10.1 Å². The van der Waals surface area contributed by atoms with E-state index in [1.165, 1.54) is 0 Å². The van der Waals surface area contributed by atoms with Crippen LogP contribution in [0.25, 0.3) is 10.8 Å². The summed E-state index contributed by atoms with van der Waals surface area (Å²) in [6.07, 6.45) is 0.852. The summed E-state index contributed by atoms with van der Waals surface area (Å²) in [6, 6.07) is 10.9. The monoisotopic (exact) mass is 294 g/mol. The molecular formula is C14H14O5S. The van der Waals surface area contributed by atoms with E-state index in [1.54, 1.807) is 6.07 Å². The number of hydrogen-bond donors (Lipinski definition) is 1. The Morgan fingerprint density at radius 2 is 1.90 bits per heavy atom. The SMILES string of the molecule is O=Cc1ccc2ccccc2c1OCCCS(=O)(=O)O. The van der Waals surface area contributed by atoms with Crippen molar-refractivity contribution in [3.05, 3.63) is 42.0 Å². The molecule has 0 saturated carbocycles. The van der Waals surface area contributed by atoms with Crippen LogP contribution in [0.3, 0.4) is 0 Å². The van der Waals surface area contributed by atoms with Gasteiger partial charge >= 0.3 is 0 Å². The highest BCUT2D eigenvalue weighted by Crippen LogP contribution is 2.29. The number of ether oxygens (including phenoxy) is 1. The molecule has 0 unspecified atom stereocenters. The zero-order valence-corrected chi connectivity index (χ0v) is 11.5. The first-order valence-corrected chi connectivity index (χ1v) is 7.67. The van der Waals surface area contributed by atoms with Crippen molar-refractivity contribution >= 4 is 27.2 Å². The smallest absolute Gasteiger partial charge is 0.264 e. The van der Waals surface area contributed by atoms with Crippen LogP contribution in [0.4, 0.5) is 0 Å². The molecule has 2 rings (SSSR count). The second-order valence-corrected chi connectivity index (χ2v) is 5.88. The van der Waals surface area contributed by atoms with Crippen LogP contribution in [0.1, 0.15) is 16.8 Å². The highest BCUT2D eigenvalue weighted by Gasteiger charge is 2.09. The Kier molecular flexibility index (Phi) is 4.36. The van der Waals surface area contributed by atoms with Gasteiger partial charge in [0, 0.05) is 5.39 Å². The first kappa shape index (κ1) is 14.5. The largest absolute Gasteiger partial charge is 0.492 e. The molecule has 2 aromatic rings. The summed E-state index contributed by atoms with van der Waals surface area (Å²) in [5.41, 5.74) is 0.413. The predicted octanol–water partition coefficient (Wildman–Crippen LogP) is 2.31. The number of benzene rings is 2. The van der Waals surface area contributed by atoms with Crippen molar-refractivity contribution in [3.8, 4) is 5.75 Å². The third-order valence-electron chi connectivity index (χ3n) is 2.83. The van der Waals surface area contributed by atoms with E-state index in [9.17, 15) is 13.2 Å². The maximum atomic E-state index is 11.0. The minimum atomic E-state index is -3.99. The maximum Gasteiger partial charge on any atom is 0.264 e. The second kappa shape index (κ2) is 6.02. The van der Waals surface area contributed by atoms with E-state index in [1.807, 2.05) is 30.3 Å². The first-order valence-electron chi connectivity index (χ1n) is 6.06. The van der Waals surface area contributed by atoms with Crippen molar-refractivity contribution in [2.24, 2.45) is 0 Å². The highest BCUT2D eigenvalue weighted by molar-refractivity contribution is 7.85. The lowest BCUT2D eigenvalue weighted by Gasteiger charge is -2.11. The number of fused-ring (bicyclic) bond motifs is 1. The van der Waals surface area contributed by atoms with E-state index in [0.717, 1.165) is 10.8 Å². The molecule has 0 heterocycles. The van der Waals surface area contributed by atoms with Crippen LogP contribution in [0.5, 0.6) is 5.75 Å². The molecular weight excluding hydrogens is 280 g/mol. The molecule has 0 aliphatic carbocycles. The third-order valence-corrected chi connectivity index (χ3v) is 3.63. The van der Waals surface area contributed by atoms with Crippen molar-refractivity contribution < 1.29 is 22.5 Å². The molecule has 0 amide bonds. The molecule has 0 bridgehead atoms. The van der Waals surface area contributed by atoms with Gasteiger partial charge in [-0.2, -0.15) is 8.42 Å². The van der Waals surface area contributed by atoms with Gasteiger partial charge in [0.1, 0.15) is 5.75 Å². The third kappa shape index (κ3) is 3.55. The Morgan fingerprint density at radius 3 is 2.60 bits per heavy atom. The van der Waals surface area contributed by atoms with Gasteiger partial charge in [-0.1, -0.05) is 30.3 Å². The van der Waals surface area contributed by atoms with Crippen LogP contribution in [0.2, 0.25) is 0 Å². The average Bonchev–Trinajstić information content (AvgIpc) is 2.42. The van der Waals surface area contributed by atoms with E-state index < -0.39 is 10.1 Å². The van der Waals surface area contributed by atoms with Gasteiger partial charge in [0.25, 0.3) is 10.1 Å². The molecule has 106 valence electrons. The lowest BCUT2D eigenvalue weighted by molar-refractivity contribution is 0.111. The van der Waals surface area contributed by atoms with Gasteiger partial charge < -0.3 is 4.74 Å². The molecule has 0 atom stereocenters. The normalized spacial score (nSPS) is 11.4. The standard InChI is InChI=1S/C14H14O5S/c15-10-12-7-6-11-4-1-2-5-13(11)14(12)19-8-3-9-20(16,17)18/h1-2,4-7,10H,3,8-9H2,(H,16,17,18). The second-order valence-electron chi connectivity index (χ2n) is 4.31. The van der Waals surface area contributed by atoms with E-state index in [-0.39, 0.29) is 18.8 Å². The Balaban J connectivity index is 2.21. The zero-order chi connectivity index (χ0) is 14.6. The zero-order valence-electron chi connectivity index (χ0n) is 10.7. The number of hydrogen-bond acceptors (Lipinski definition) is 4. The minimum absolute atomic E-state index is 0.106. The average molecular weight is 294 g/mol. The van der Waals surface area contributed by atoms with Crippen molar-refractivity contribution in [2.75, 3.05) is 12.4 Å². The quantitative estimate of drug-likeness (QED) is 0.502. The van der Waals surface area contributed by atoms with Gasteiger partial charge in [-0.25, -0.2) is 0 Å². The van der Waals surface area contributed by atoms with Crippen LogP contribution in [-0.4, -0.2) is 31.6 Å². The Morgan fingerprint density at radius 1 is 1.15 bits per heavy atom. The summed E-state index contributed by atoms with van der Waals surface area (Å²) in [5, 5.41) is 1.73. The maximum absolute atomic E-state index is 11.0. The Bertz CT molecular complexity index is 721. The summed E-state index contributed by atoms with van der Waals surface area (Å²) in [6.45, 7) is 0.106. The van der Waals surface area contributed by atoms with Crippen LogP contribution in [0.15, 0.2) is 36.4 Å². The van der Waals surface area contributed by atoms with Crippen molar-refractivity contribution in [1.82, 2.24) is 0 Å². The van der Waals surface area contributed by atoms with Crippen molar-refractivity contribution in [1.29, 1.82) is 0 Å². The fourth-order valence-corrected chi connectivity index (χ4v) is 2.41. The van der Waals surface area contributed by atoms with Gasteiger partial charge in [-0.05, 0) is 17.9 Å². The molecule has 0 fully saturated rings. The molecule has 6 heteroatoms. The van der Waals surface area contributed by atoms with Crippen LogP contribution < -0.4 is 4.74 Å². The lowest BCUT2D eigenvalue weighted by Crippen LogP contribution is -2.09. The summed E-state index contributed by atoms with van der Waals surface area (Å²) < 4.78 is 35.4. The molecule has 0 radical (unpaired) electrons. The van der Waals surface area contributed by atoms with Crippen molar-refractivity contribution in [3.63, 3.8) is 0 Å². The minimum Gasteiger partial charge on any atom is -0.492 e. The van der Waals surface area contributed by atoms with Crippen LogP contribution >= 0.6 is 0 Å². The Labute approximate surface area is 116 Å². The topological polar surface area (TPSA) is 80.7 Å². The summed E-state index contributed by atoms with van der Waals surface area (Å²) >= 11 is 0. The van der Waals surface area contributed by atoms with Gasteiger partial charge in [0.15, 0.2) is 6.29 Å². The lowest BCUT2D eigenvalue weighted by atomic mass is 10.1. The summed E-state index contributed by atoms with van der Waals surface area (Å²) in [5.74, 6) is 0.0715. The van der Waals surface area contributed by atoms with Crippen molar-refractivity contribution in [2.45, 2.75) is 6.42 Å². The number of carbonyl (C=O) groups is 1. The summed E-state index contributed by atoms with van der Waals surface area (Å²) in [7, 11) is -3.99. The molecule has 1 N–H and O–H groups in total. The van der Waals surface area contributed by atoms with Gasteiger partial charge in [0.2, 0.25) is 0 Å². The van der Waals surface area contributed by atoms with E-state index in [0.29, 0.717) is 17.6 Å². The molecule has 20 heavy (non-hydrogen) atoms. The Hall–Kier alpha value is -1.92. The van der Waals surface area contributed by atoms with Gasteiger partial charge in [-0.3, -0.25) is 9.35 Å². The molecule has 0 aliphatic heterocycles. The van der Waals surface area contributed by atoms with E-state index in [2.05, 4.69) is 0 Å². The molecule has 5 nitrogen and oxygen atoms in total. The first-order chi connectivity index (χ1) is 9.51. The number of rotatable bonds is 6. The fourth-order valence-electron chi connectivity index (χ4n) is 1.93. The van der Waals surface area contributed by atoms with Gasteiger partial charge in [-0.15, -0.1) is 0 Å². The number of aldehydes is 1. The van der Waals surface area contributed by atoms with E-state index in [4.69, 9.17) is 9.29 Å². The molecule has 0 saturated heterocycles. The molecule has 0 aliphatic rings. The highest BCUT2D eigenvalue weighted by atomic mass is 32.2. The number of carbonyl (C=O) groups excluding carboxylic acids is 1. The van der Waals surface area contributed by atoms with E-state index >= 15 is 0 Å². The molecule has 2 aromatic carbocycles. The van der Waals surface area contributed by atoms with Crippen LogP contribution in [0, 0.1) is 0 Å². The predicted molar refractivity (Wildman–Crippen MR) is 75.9 cm³/mol. The molecule has 0 aromatic heterocycles. The fraction of sp³-hybridized carbons (Fsp3) is 0.214.